The molecule has 0 aliphatic carbocycles. The highest BCUT2D eigenvalue weighted by atomic mass is 32.2. The van der Waals surface area contributed by atoms with Gasteiger partial charge in [-0.2, -0.15) is 4.31 Å². The SMILES string of the molecule is COc1ccc(S(=O)(=O)N2CC(O)C[C@@H]2CO)cc1. The fraction of sp³-hybridized carbons (Fsp3) is 0.500. The third-order valence-electron chi connectivity index (χ3n) is 3.22. The number of aliphatic hydroxyl groups is 2. The van der Waals surface area contributed by atoms with Crippen LogP contribution in [-0.2, 0) is 10.0 Å². The minimum Gasteiger partial charge on any atom is -0.497 e. The maximum atomic E-state index is 12.4. The normalized spacial score (nSPS) is 24.6. The van der Waals surface area contributed by atoms with Crippen LogP contribution in [0, 0.1) is 0 Å². The maximum absolute atomic E-state index is 12.4. The first-order chi connectivity index (χ1) is 8.98. The molecule has 7 heteroatoms. The Balaban J connectivity index is 2.30. The molecule has 1 aromatic rings. The molecule has 1 unspecified atom stereocenters. The summed E-state index contributed by atoms with van der Waals surface area (Å²) in [7, 11) is -2.20. The van der Waals surface area contributed by atoms with Crippen LogP contribution in [0.3, 0.4) is 0 Å². The van der Waals surface area contributed by atoms with Crippen LogP contribution in [0.5, 0.6) is 5.75 Å². The molecule has 0 bridgehead atoms. The number of β-amino-alcohol motifs (C(OH)–C–C–N with tert-alkyl or cyclic N) is 1. The number of benzene rings is 1. The number of hydrogen-bond acceptors (Lipinski definition) is 5. The van der Waals surface area contributed by atoms with Crippen molar-refractivity contribution in [3.63, 3.8) is 0 Å². The van der Waals surface area contributed by atoms with Gasteiger partial charge in [0.2, 0.25) is 10.0 Å². The molecule has 0 amide bonds. The molecular formula is C12H17NO5S. The van der Waals surface area contributed by atoms with Gasteiger partial charge in [-0.05, 0) is 30.7 Å². The van der Waals surface area contributed by atoms with E-state index in [1.54, 1.807) is 12.1 Å². The summed E-state index contributed by atoms with van der Waals surface area (Å²) in [5.41, 5.74) is 0. The minimum absolute atomic E-state index is 0.0135. The summed E-state index contributed by atoms with van der Waals surface area (Å²) in [6.07, 6.45) is -0.475. The van der Waals surface area contributed by atoms with E-state index in [0.717, 1.165) is 4.31 Å². The molecular weight excluding hydrogens is 270 g/mol. The molecule has 1 fully saturated rings. The van der Waals surface area contributed by atoms with Gasteiger partial charge in [-0.25, -0.2) is 8.42 Å². The first-order valence-corrected chi connectivity index (χ1v) is 7.38. The Morgan fingerprint density at radius 3 is 2.53 bits per heavy atom. The fourth-order valence-electron chi connectivity index (χ4n) is 2.21. The van der Waals surface area contributed by atoms with Crippen molar-refractivity contribution in [2.75, 3.05) is 20.3 Å². The number of methoxy groups -OCH3 is 1. The molecule has 1 aliphatic heterocycles. The Labute approximate surface area is 112 Å². The van der Waals surface area contributed by atoms with Gasteiger partial charge < -0.3 is 14.9 Å². The second-order valence-electron chi connectivity index (χ2n) is 4.48. The van der Waals surface area contributed by atoms with E-state index in [1.165, 1.54) is 19.2 Å². The van der Waals surface area contributed by atoms with Crippen LogP contribution in [0.15, 0.2) is 29.2 Å². The lowest BCUT2D eigenvalue weighted by Gasteiger charge is -2.22. The van der Waals surface area contributed by atoms with Gasteiger partial charge in [-0.15, -0.1) is 0 Å². The summed E-state index contributed by atoms with van der Waals surface area (Å²) < 4.78 is 31.0. The van der Waals surface area contributed by atoms with Crippen molar-refractivity contribution in [3.8, 4) is 5.75 Å². The van der Waals surface area contributed by atoms with Gasteiger partial charge in [0.1, 0.15) is 5.75 Å². The molecule has 2 rings (SSSR count). The molecule has 0 saturated carbocycles. The van der Waals surface area contributed by atoms with E-state index in [0.29, 0.717) is 5.75 Å². The van der Waals surface area contributed by atoms with E-state index in [2.05, 4.69) is 0 Å². The van der Waals surface area contributed by atoms with Crippen molar-refractivity contribution in [2.45, 2.75) is 23.5 Å². The molecule has 1 heterocycles. The monoisotopic (exact) mass is 287 g/mol. The molecule has 1 saturated heterocycles. The molecule has 2 atom stereocenters. The zero-order valence-corrected chi connectivity index (χ0v) is 11.4. The number of ether oxygens (including phenoxy) is 1. The maximum Gasteiger partial charge on any atom is 0.243 e. The fourth-order valence-corrected chi connectivity index (χ4v) is 3.87. The Morgan fingerprint density at radius 1 is 1.37 bits per heavy atom. The number of nitrogens with zero attached hydrogens (tertiary/aromatic N) is 1. The molecule has 0 radical (unpaired) electrons. The standard InChI is InChI=1S/C12H17NO5S/c1-18-11-2-4-12(5-3-11)19(16,17)13-7-10(15)6-9(13)8-14/h2-5,9-10,14-15H,6-8H2,1H3/t9-,10?/m1/s1. The van der Waals surface area contributed by atoms with Gasteiger partial charge in [0.05, 0.1) is 30.8 Å². The molecule has 2 N–H and O–H groups in total. The largest absolute Gasteiger partial charge is 0.497 e. The van der Waals surface area contributed by atoms with Crippen molar-refractivity contribution in [1.82, 2.24) is 4.31 Å². The highest BCUT2D eigenvalue weighted by molar-refractivity contribution is 7.89. The quantitative estimate of drug-likeness (QED) is 0.801. The molecule has 106 valence electrons. The van der Waals surface area contributed by atoms with Crippen LogP contribution >= 0.6 is 0 Å². The molecule has 6 nitrogen and oxygen atoms in total. The van der Waals surface area contributed by atoms with Crippen LogP contribution in [0.4, 0.5) is 0 Å². The van der Waals surface area contributed by atoms with Crippen LogP contribution < -0.4 is 4.74 Å². The lowest BCUT2D eigenvalue weighted by atomic mass is 10.2. The first kappa shape index (κ1) is 14.3. The summed E-state index contributed by atoms with van der Waals surface area (Å²) in [6, 6.07) is 5.46. The van der Waals surface area contributed by atoms with Gasteiger partial charge in [0, 0.05) is 6.54 Å². The topological polar surface area (TPSA) is 87.1 Å². The van der Waals surface area contributed by atoms with Crippen molar-refractivity contribution in [2.24, 2.45) is 0 Å². The van der Waals surface area contributed by atoms with Crippen LogP contribution in [0.25, 0.3) is 0 Å². The molecule has 19 heavy (non-hydrogen) atoms. The van der Waals surface area contributed by atoms with E-state index in [-0.39, 0.29) is 24.5 Å². The van der Waals surface area contributed by atoms with E-state index in [4.69, 9.17) is 4.74 Å². The number of hydrogen-bond donors (Lipinski definition) is 2. The van der Waals surface area contributed by atoms with Crippen molar-refractivity contribution < 1.29 is 23.4 Å². The van der Waals surface area contributed by atoms with E-state index in [1.807, 2.05) is 0 Å². The average Bonchev–Trinajstić information content (AvgIpc) is 2.81. The van der Waals surface area contributed by atoms with Gasteiger partial charge in [0.15, 0.2) is 0 Å². The van der Waals surface area contributed by atoms with Gasteiger partial charge >= 0.3 is 0 Å². The molecule has 0 aromatic heterocycles. The summed E-state index contributed by atoms with van der Waals surface area (Å²) >= 11 is 0. The predicted octanol–water partition coefficient (Wildman–Crippen LogP) is -0.189. The molecule has 1 aromatic carbocycles. The number of aliphatic hydroxyl groups excluding tert-OH is 2. The predicted molar refractivity (Wildman–Crippen MR) is 68.4 cm³/mol. The summed E-state index contributed by atoms with van der Waals surface area (Å²) in [6.45, 7) is -0.286. The highest BCUT2D eigenvalue weighted by Gasteiger charge is 2.39. The zero-order chi connectivity index (χ0) is 14.0. The lowest BCUT2D eigenvalue weighted by Crippen LogP contribution is -2.37. The minimum atomic E-state index is -3.70. The van der Waals surface area contributed by atoms with Gasteiger partial charge in [0.25, 0.3) is 0 Å². The van der Waals surface area contributed by atoms with Crippen LogP contribution in [0.2, 0.25) is 0 Å². The lowest BCUT2D eigenvalue weighted by molar-refractivity contribution is 0.184. The van der Waals surface area contributed by atoms with E-state index in [9.17, 15) is 18.6 Å². The van der Waals surface area contributed by atoms with Gasteiger partial charge in [-0.3, -0.25) is 0 Å². The third kappa shape index (κ3) is 2.74. The average molecular weight is 287 g/mol. The summed E-state index contributed by atoms with van der Waals surface area (Å²) in [5, 5.41) is 18.8. The Morgan fingerprint density at radius 2 is 2.00 bits per heavy atom. The second kappa shape index (κ2) is 5.46. The van der Waals surface area contributed by atoms with Crippen LogP contribution in [0.1, 0.15) is 6.42 Å². The van der Waals surface area contributed by atoms with Crippen molar-refractivity contribution in [3.05, 3.63) is 24.3 Å². The Kier molecular flexibility index (Phi) is 4.10. The summed E-state index contributed by atoms with van der Waals surface area (Å²) in [5.74, 6) is 0.569. The highest BCUT2D eigenvalue weighted by Crippen LogP contribution is 2.27. The Hall–Kier alpha value is -1.15. The van der Waals surface area contributed by atoms with Crippen molar-refractivity contribution >= 4 is 10.0 Å². The summed E-state index contributed by atoms with van der Waals surface area (Å²) in [4.78, 5) is 0.126. The van der Waals surface area contributed by atoms with Crippen LogP contribution in [-0.4, -0.2) is 55.3 Å². The van der Waals surface area contributed by atoms with Crippen molar-refractivity contribution in [1.29, 1.82) is 0 Å². The second-order valence-corrected chi connectivity index (χ2v) is 6.37. The zero-order valence-electron chi connectivity index (χ0n) is 10.6. The molecule has 1 aliphatic rings. The van der Waals surface area contributed by atoms with E-state index < -0.39 is 22.2 Å². The molecule has 0 spiro atoms. The smallest absolute Gasteiger partial charge is 0.243 e. The van der Waals surface area contributed by atoms with Gasteiger partial charge in [-0.1, -0.05) is 0 Å². The van der Waals surface area contributed by atoms with E-state index >= 15 is 0 Å². The first-order valence-electron chi connectivity index (χ1n) is 5.94. The Bertz CT molecular complexity index is 528. The number of sulfonamides is 1. The number of rotatable bonds is 4. The third-order valence-corrected chi connectivity index (χ3v) is 5.15.